The molecule has 1 aromatic heterocycles. The minimum absolute atomic E-state index is 0. The molecule has 0 spiro atoms. The fraction of sp³-hybridized carbons (Fsp3) is 0.522. The third-order valence-electron chi connectivity index (χ3n) is 5.38. The summed E-state index contributed by atoms with van der Waals surface area (Å²) in [5.41, 5.74) is 0.841. The summed E-state index contributed by atoms with van der Waals surface area (Å²) in [7, 11) is 1.49. The molecule has 1 saturated heterocycles. The molecule has 1 aromatic carbocycles. The first-order chi connectivity index (χ1) is 16.3. The van der Waals surface area contributed by atoms with E-state index in [1.165, 1.54) is 19.2 Å². The number of nitrogens with one attached hydrogen (secondary N) is 1. The zero-order chi connectivity index (χ0) is 24.6. The Morgan fingerprint density at radius 3 is 2.60 bits per heavy atom. The van der Waals surface area contributed by atoms with Crippen molar-refractivity contribution in [3.8, 4) is 11.8 Å². The normalized spacial score (nSPS) is 15.7. The van der Waals surface area contributed by atoms with Crippen molar-refractivity contribution in [3.05, 3.63) is 35.9 Å². The second-order valence-electron chi connectivity index (χ2n) is 7.82. The molecule has 0 aliphatic carbocycles. The van der Waals surface area contributed by atoms with Crippen LogP contribution in [-0.2, 0) is 16.0 Å². The summed E-state index contributed by atoms with van der Waals surface area (Å²) in [4.78, 5) is 23.0. The molecule has 0 radical (unpaired) electrons. The predicted octanol–water partition coefficient (Wildman–Crippen LogP) is 4.77. The molecule has 0 amide bonds. The Bertz CT molecular complexity index is 947. The number of piperidine rings is 1. The maximum atomic E-state index is 12.3. The number of alkyl halides is 3. The Kier molecular flexibility index (Phi) is 10.7. The molecule has 2 aromatic rings. The number of methoxy groups -OCH3 is 1. The molecule has 2 heterocycles. The maximum absolute atomic E-state index is 12.3. The molecule has 1 fully saturated rings. The van der Waals surface area contributed by atoms with Gasteiger partial charge in [0.25, 0.3) is 0 Å². The van der Waals surface area contributed by atoms with Crippen molar-refractivity contribution in [1.29, 1.82) is 0 Å². The van der Waals surface area contributed by atoms with Crippen LogP contribution >= 0.6 is 12.4 Å². The lowest BCUT2D eigenvalue weighted by molar-refractivity contribution is -0.274. The van der Waals surface area contributed by atoms with Crippen LogP contribution in [0.15, 0.2) is 30.3 Å². The number of carbonyl (C=O) groups is 1. The van der Waals surface area contributed by atoms with Crippen molar-refractivity contribution >= 4 is 30.0 Å². The average Bonchev–Trinajstić information content (AvgIpc) is 2.79. The van der Waals surface area contributed by atoms with Crippen molar-refractivity contribution in [3.63, 3.8) is 0 Å². The lowest BCUT2D eigenvalue weighted by Gasteiger charge is -2.36. The second kappa shape index (κ2) is 13.2. The largest absolute Gasteiger partial charge is 0.573 e. The number of ether oxygens (including phenoxy) is 3. The summed E-state index contributed by atoms with van der Waals surface area (Å²) < 4.78 is 51.2. The minimum atomic E-state index is -4.71. The third-order valence-corrected chi connectivity index (χ3v) is 5.38. The first kappa shape index (κ1) is 28.3. The molecule has 12 heteroatoms. The van der Waals surface area contributed by atoms with Gasteiger partial charge in [-0.3, -0.25) is 4.79 Å². The lowest BCUT2D eigenvalue weighted by Crippen LogP contribution is -2.41. The summed E-state index contributed by atoms with van der Waals surface area (Å²) in [6.07, 6.45) is -0.984. The number of rotatable bonds is 10. The Hall–Kier alpha value is -2.95. The number of hydrogen-bond donors (Lipinski definition) is 1. The number of carbonyl (C=O) groups excluding carboxylic acids is 1. The topological polar surface area (TPSA) is 85.8 Å². The van der Waals surface area contributed by atoms with E-state index in [1.807, 2.05) is 6.07 Å². The lowest BCUT2D eigenvalue weighted by atomic mass is 9.99. The molecular weight excluding hydrogens is 489 g/mol. The predicted molar refractivity (Wildman–Crippen MR) is 127 cm³/mol. The third kappa shape index (κ3) is 8.97. The number of hydrogen-bond acceptors (Lipinski definition) is 8. The molecule has 1 atom stereocenters. The van der Waals surface area contributed by atoms with Crippen molar-refractivity contribution in [1.82, 2.24) is 9.97 Å². The van der Waals surface area contributed by atoms with E-state index in [4.69, 9.17) is 9.47 Å². The van der Waals surface area contributed by atoms with Gasteiger partial charge in [0.1, 0.15) is 17.4 Å². The molecule has 194 valence electrons. The van der Waals surface area contributed by atoms with Crippen LogP contribution in [0.3, 0.4) is 0 Å². The summed E-state index contributed by atoms with van der Waals surface area (Å²) in [5, 5.41) is 3.22. The van der Waals surface area contributed by atoms with Crippen molar-refractivity contribution in [2.75, 3.05) is 37.0 Å². The van der Waals surface area contributed by atoms with E-state index in [1.54, 1.807) is 19.1 Å². The van der Waals surface area contributed by atoms with Gasteiger partial charge in [-0.2, -0.15) is 9.97 Å². The van der Waals surface area contributed by atoms with Crippen LogP contribution in [0, 0.1) is 0 Å². The standard InChI is InChI=1S/C23H29F3N4O4.ClH/c1-3-33-21(31)14-17-6-4-5-13-30(17)20-15-19(28-22(29-20)32-2)27-12-11-16-7-9-18(10-8-16)34-23(24,25)26;/h7-10,15,17H,3-6,11-14H2,1-2H3,(H,27,28,29);1H. The molecule has 1 N–H and O–H groups in total. The van der Waals surface area contributed by atoms with Crippen molar-refractivity contribution in [2.45, 2.75) is 51.4 Å². The number of anilines is 2. The SMILES string of the molecule is CCOC(=O)CC1CCCCN1c1cc(NCCc2ccc(OC(F)(F)F)cc2)nc(OC)n1.Cl. The quantitative estimate of drug-likeness (QED) is 0.450. The van der Waals surface area contributed by atoms with Gasteiger partial charge < -0.3 is 24.4 Å². The zero-order valence-electron chi connectivity index (χ0n) is 19.6. The smallest absolute Gasteiger partial charge is 0.467 e. The van der Waals surface area contributed by atoms with Crippen LogP contribution in [-0.4, -0.2) is 55.1 Å². The van der Waals surface area contributed by atoms with Crippen LogP contribution in [0.1, 0.15) is 38.2 Å². The van der Waals surface area contributed by atoms with Crippen LogP contribution in [0.2, 0.25) is 0 Å². The maximum Gasteiger partial charge on any atom is 0.573 e. The first-order valence-electron chi connectivity index (χ1n) is 11.2. The van der Waals surface area contributed by atoms with Gasteiger partial charge in [0.05, 0.1) is 20.1 Å². The second-order valence-corrected chi connectivity index (χ2v) is 7.82. The molecular formula is C23H30ClF3N4O4. The van der Waals surface area contributed by atoms with Gasteiger partial charge in [0.15, 0.2) is 0 Å². The molecule has 1 unspecified atom stereocenters. The summed E-state index contributed by atoms with van der Waals surface area (Å²) in [5.74, 6) is 0.732. The van der Waals surface area contributed by atoms with Gasteiger partial charge in [-0.1, -0.05) is 12.1 Å². The fourth-order valence-electron chi connectivity index (χ4n) is 3.86. The molecule has 1 aliphatic rings. The number of nitrogens with zero attached hydrogens (tertiary/aromatic N) is 3. The van der Waals surface area contributed by atoms with Crippen LogP contribution in [0.25, 0.3) is 0 Å². The van der Waals surface area contributed by atoms with Crippen LogP contribution in [0.4, 0.5) is 24.8 Å². The molecule has 0 bridgehead atoms. The Morgan fingerprint density at radius 2 is 1.94 bits per heavy atom. The van der Waals surface area contributed by atoms with E-state index >= 15 is 0 Å². The molecule has 1 aliphatic heterocycles. The Labute approximate surface area is 208 Å². The van der Waals surface area contributed by atoms with E-state index in [9.17, 15) is 18.0 Å². The highest BCUT2D eigenvalue weighted by atomic mass is 35.5. The average molecular weight is 519 g/mol. The highest BCUT2D eigenvalue weighted by Crippen LogP contribution is 2.28. The molecule has 8 nitrogen and oxygen atoms in total. The van der Waals surface area contributed by atoms with Crippen molar-refractivity contribution in [2.24, 2.45) is 0 Å². The highest BCUT2D eigenvalue weighted by Gasteiger charge is 2.31. The number of aromatic nitrogens is 2. The molecule has 35 heavy (non-hydrogen) atoms. The summed E-state index contributed by atoms with van der Waals surface area (Å²) in [6, 6.07) is 7.74. The Morgan fingerprint density at radius 1 is 1.20 bits per heavy atom. The van der Waals surface area contributed by atoms with E-state index in [2.05, 4.69) is 24.9 Å². The first-order valence-corrected chi connectivity index (χ1v) is 11.2. The zero-order valence-corrected chi connectivity index (χ0v) is 20.5. The van der Waals surface area contributed by atoms with Gasteiger partial charge in [-0.05, 0) is 50.3 Å². The van der Waals surface area contributed by atoms with Gasteiger partial charge in [-0.25, -0.2) is 0 Å². The summed E-state index contributed by atoms with van der Waals surface area (Å²) in [6.45, 7) is 3.38. The van der Waals surface area contributed by atoms with E-state index in [-0.39, 0.29) is 42.6 Å². The molecule has 3 rings (SSSR count). The van der Waals surface area contributed by atoms with Gasteiger partial charge in [0, 0.05) is 25.2 Å². The van der Waals surface area contributed by atoms with Gasteiger partial charge in [-0.15, -0.1) is 25.6 Å². The van der Waals surface area contributed by atoms with Gasteiger partial charge >= 0.3 is 18.3 Å². The number of esters is 1. The van der Waals surface area contributed by atoms with Gasteiger partial charge in [0.2, 0.25) is 0 Å². The Balaban J connectivity index is 0.00000432. The minimum Gasteiger partial charge on any atom is -0.467 e. The van der Waals surface area contributed by atoms with E-state index in [0.717, 1.165) is 31.4 Å². The van der Waals surface area contributed by atoms with E-state index in [0.29, 0.717) is 31.2 Å². The number of halogens is 4. The van der Waals surface area contributed by atoms with Crippen molar-refractivity contribution < 1.29 is 32.2 Å². The summed E-state index contributed by atoms with van der Waals surface area (Å²) >= 11 is 0. The molecule has 0 saturated carbocycles. The number of benzene rings is 1. The fourth-order valence-corrected chi connectivity index (χ4v) is 3.86. The highest BCUT2D eigenvalue weighted by molar-refractivity contribution is 5.85. The van der Waals surface area contributed by atoms with Crippen LogP contribution in [0.5, 0.6) is 11.8 Å². The van der Waals surface area contributed by atoms with Crippen LogP contribution < -0.4 is 19.7 Å². The van der Waals surface area contributed by atoms with E-state index < -0.39 is 6.36 Å². The monoisotopic (exact) mass is 518 g/mol.